The number of hydrogen-bond donors (Lipinski definition) is 1. The summed E-state index contributed by atoms with van der Waals surface area (Å²) in [6.07, 6.45) is 2.23. The minimum atomic E-state index is 0.342. The van der Waals surface area contributed by atoms with Crippen molar-refractivity contribution >= 4 is 30.3 Å². The lowest BCUT2D eigenvalue weighted by Crippen LogP contribution is -2.18. The Labute approximate surface area is 135 Å². The monoisotopic (exact) mass is 314 g/mol. The molecule has 20 heavy (non-hydrogen) atoms. The van der Waals surface area contributed by atoms with Crippen LogP contribution in [-0.2, 0) is 0 Å². The summed E-state index contributed by atoms with van der Waals surface area (Å²) in [6.45, 7) is 18.3. The molecule has 0 fully saturated rings. The Morgan fingerprint density at radius 3 is 2.10 bits per heavy atom. The van der Waals surface area contributed by atoms with Crippen molar-refractivity contribution in [1.29, 1.82) is 0 Å². The molecule has 0 aliphatic heterocycles. The van der Waals surface area contributed by atoms with Gasteiger partial charge in [0.05, 0.1) is 5.71 Å². The number of thiol groups is 1. The predicted octanol–water partition coefficient (Wildman–Crippen LogP) is 5.26. The Morgan fingerprint density at radius 1 is 1.20 bits per heavy atom. The molecule has 2 nitrogen and oxygen atoms in total. The van der Waals surface area contributed by atoms with Gasteiger partial charge in [0.2, 0.25) is 0 Å². The Hall–Kier alpha value is -0.350. The van der Waals surface area contributed by atoms with Crippen LogP contribution in [0, 0.1) is 17.8 Å². The van der Waals surface area contributed by atoms with E-state index in [0.29, 0.717) is 17.8 Å². The first-order chi connectivity index (χ1) is 9.18. The highest BCUT2D eigenvalue weighted by atomic mass is 32.2. The number of hydrogen-bond acceptors (Lipinski definition) is 4. The molecule has 116 valence electrons. The highest BCUT2D eigenvalue weighted by Crippen LogP contribution is 2.32. The van der Waals surface area contributed by atoms with Crippen LogP contribution in [0.2, 0.25) is 0 Å². The molecule has 0 N–H and O–H groups in total. The van der Waals surface area contributed by atoms with E-state index < -0.39 is 0 Å². The van der Waals surface area contributed by atoms with Crippen LogP contribution in [-0.4, -0.2) is 24.2 Å². The molecule has 0 heterocycles. The first-order valence-corrected chi connectivity index (χ1v) is 8.41. The van der Waals surface area contributed by atoms with E-state index in [9.17, 15) is 0 Å². The molecule has 0 atom stereocenters. The van der Waals surface area contributed by atoms with Gasteiger partial charge in [-0.05, 0) is 30.6 Å². The first kappa shape index (κ1) is 19.7. The fourth-order valence-corrected chi connectivity index (χ4v) is 3.39. The third-order valence-electron chi connectivity index (χ3n) is 2.75. The Bertz CT molecular complexity index is 369. The van der Waals surface area contributed by atoms with Gasteiger partial charge in [-0.15, -0.1) is 0 Å². The topological polar surface area (TPSA) is 15.6 Å². The molecular weight excluding hydrogens is 284 g/mol. The maximum atomic E-state index is 4.16. The molecule has 0 aromatic carbocycles. The molecule has 0 aliphatic rings. The second-order valence-electron chi connectivity index (χ2n) is 6.18. The van der Waals surface area contributed by atoms with Crippen LogP contribution in [0.3, 0.4) is 0 Å². The fourth-order valence-electron chi connectivity index (χ4n) is 1.83. The number of nitrogens with zero attached hydrogens (tertiary/aromatic N) is 2. The normalized spacial score (nSPS) is 13.6. The van der Waals surface area contributed by atoms with Crippen molar-refractivity contribution in [1.82, 2.24) is 4.90 Å². The molecule has 0 spiro atoms. The van der Waals surface area contributed by atoms with Gasteiger partial charge in [-0.3, -0.25) is 0 Å². The molecule has 4 heteroatoms. The van der Waals surface area contributed by atoms with E-state index in [1.807, 2.05) is 0 Å². The lowest BCUT2D eigenvalue weighted by Gasteiger charge is -2.21. The lowest BCUT2D eigenvalue weighted by molar-refractivity contribution is 0.387. The summed E-state index contributed by atoms with van der Waals surface area (Å²) < 4.78 is 4.08. The van der Waals surface area contributed by atoms with Gasteiger partial charge in [0, 0.05) is 29.6 Å². The van der Waals surface area contributed by atoms with Crippen molar-refractivity contribution in [2.75, 3.05) is 13.6 Å². The number of rotatable bonds is 8. The van der Waals surface area contributed by atoms with Gasteiger partial charge in [-0.25, -0.2) is 4.40 Å². The molecule has 0 saturated heterocycles. The van der Waals surface area contributed by atoms with Crippen molar-refractivity contribution < 1.29 is 0 Å². The molecule has 0 aliphatic carbocycles. The van der Waals surface area contributed by atoms with Gasteiger partial charge < -0.3 is 4.90 Å². The summed E-state index contributed by atoms with van der Waals surface area (Å²) in [5.41, 5.74) is 0.969. The highest BCUT2D eigenvalue weighted by Gasteiger charge is 2.14. The van der Waals surface area contributed by atoms with Crippen LogP contribution in [0.4, 0.5) is 0 Å². The maximum Gasteiger partial charge on any atom is 0.0642 e. The Balaban J connectivity index is 4.96. The molecule has 0 aromatic heterocycles. The minimum absolute atomic E-state index is 0.342. The molecule has 0 amide bonds. The largest absolute Gasteiger partial charge is 0.380 e. The molecule has 0 unspecified atom stereocenters. The Morgan fingerprint density at radius 2 is 1.75 bits per heavy atom. The zero-order chi connectivity index (χ0) is 15.9. The molecule has 0 bridgehead atoms. The second kappa shape index (κ2) is 9.56. The molecule has 0 saturated carbocycles. The van der Waals surface area contributed by atoms with Crippen molar-refractivity contribution in [2.24, 2.45) is 22.2 Å². The number of allylic oxidation sites excluding steroid dienone is 2. The zero-order valence-electron chi connectivity index (χ0n) is 14.0. The second-order valence-corrected chi connectivity index (χ2v) is 7.55. The SMILES string of the molecule is C=C(S/C(=C\N(C)CC(C)C)C(C)C)/C(=N\S)C(C)C. The van der Waals surface area contributed by atoms with E-state index in [2.05, 4.69) is 83.5 Å². The average Bonchev–Trinajstić information content (AvgIpc) is 2.26. The van der Waals surface area contributed by atoms with Gasteiger partial charge in [0.15, 0.2) is 0 Å². The highest BCUT2D eigenvalue weighted by molar-refractivity contribution is 8.07. The van der Waals surface area contributed by atoms with E-state index in [-0.39, 0.29) is 0 Å². The maximum absolute atomic E-state index is 4.16. The van der Waals surface area contributed by atoms with Crippen LogP contribution >= 0.6 is 24.6 Å². The van der Waals surface area contributed by atoms with Crippen LogP contribution in [0.15, 0.2) is 27.0 Å². The van der Waals surface area contributed by atoms with E-state index in [1.165, 1.54) is 4.91 Å². The van der Waals surface area contributed by atoms with E-state index in [4.69, 9.17) is 0 Å². The lowest BCUT2D eigenvalue weighted by atomic mass is 10.1. The molecular formula is C16H30N2S2. The van der Waals surface area contributed by atoms with Gasteiger partial charge >= 0.3 is 0 Å². The van der Waals surface area contributed by atoms with E-state index in [0.717, 1.165) is 17.2 Å². The smallest absolute Gasteiger partial charge is 0.0642 e. The summed E-state index contributed by atoms with van der Waals surface area (Å²) >= 11 is 5.78. The van der Waals surface area contributed by atoms with Crippen molar-refractivity contribution in [3.63, 3.8) is 0 Å². The third kappa shape index (κ3) is 7.44. The van der Waals surface area contributed by atoms with Crippen molar-refractivity contribution in [2.45, 2.75) is 41.5 Å². The molecule has 0 radical (unpaired) electrons. The van der Waals surface area contributed by atoms with Crippen molar-refractivity contribution in [3.8, 4) is 0 Å². The fraction of sp³-hybridized carbons (Fsp3) is 0.688. The van der Waals surface area contributed by atoms with Gasteiger partial charge in [0.25, 0.3) is 0 Å². The Kier molecular flexibility index (Phi) is 9.39. The first-order valence-electron chi connectivity index (χ1n) is 7.20. The number of thioether (sulfide) groups is 1. The van der Waals surface area contributed by atoms with Crippen LogP contribution < -0.4 is 0 Å². The van der Waals surface area contributed by atoms with Crippen molar-refractivity contribution in [3.05, 3.63) is 22.6 Å². The third-order valence-corrected chi connectivity index (χ3v) is 4.23. The zero-order valence-corrected chi connectivity index (χ0v) is 15.7. The molecule has 0 aromatic rings. The van der Waals surface area contributed by atoms with Gasteiger partial charge in [-0.1, -0.05) is 59.9 Å². The van der Waals surface area contributed by atoms with Crippen LogP contribution in [0.25, 0.3) is 0 Å². The standard InChI is InChI=1S/C16H30N2S2/c1-11(2)9-18(8)10-15(12(3)4)20-14(7)16(17-19)13(5)6/h10-13,19H,7,9H2,1-6,8H3/b15-10-,17-16-. The van der Waals surface area contributed by atoms with Crippen LogP contribution in [0.5, 0.6) is 0 Å². The van der Waals surface area contributed by atoms with E-state index >= 15 is 0 Å². The quantitative estimate of drug-likeness (QED) is 0.485. The van der Waals surface area contributed by atoms with Gasteiger partial charge in [0.1, 0.15) is 0 Å². The summed E-state index contributed by atoms with van der Waals surface area (Å²) in [5.74, 6) is 1.47. The van der Waals surface area contributed by atoms with Gasteiger partial charge in [-0.2, -0.15) is 0 Å². The minimum Gasteiger partial charge on any atom is -0.380 e. The predicted molar refractivity (Wildman–Crippen MR) is 98.4 cm³/mol. The van der Waals surface area contributed by atoms with Crippen LogP contribution in [0.1, 0.15) is 41.5 Å². The summed E-state index contributed by atoms with van der Waals surface area (Å²) in [4.78, 5) is 4.56. The van der Waals surface area contributed by atoms with E-state index in [1.54, 1.807) is 11.8 Å². The average molecular weight is 315 g/mol. The summed E-state index contributed by atoms with van der Waals surface area (Å²) in [5, 5.41) is 0. The summed E-state index contributed by atoms with van der Waals surface area (Å²) in [7, 11) is 2.13. The molecule has 0 rings (SSSR count). The summed E-state index contributed by atoms with van der Waals surface area (Å²) in [6, 6.07) is 0.